The molecule has 186 valence electrons. The lowest BCUT2D eigenvalue weighted by molar-refractivity contribution is -0.148. The van der Waals surface area contributed by atoms with Gasteiger partial charge >= 0.3 is 5.97 Å². The summed E-state index contributed by atoms with van der Waals surface area (Å²) in [6.07, 6.45) is 1.44. The summed E-state index contributed by atoms with van der Waals surface area (Å²) in [5, 5.41) is 12.3. The molecule has 9 heteroatoms. The van der Waals surface area contributed by atoms with Crippen LogP contribution in [0.4, 0.5) is 0 Å². The van der Waals surface area contributed by atoms with Crippen LogP contribution in [0.5, 0.6) is 5.75 Å². The average molecular weight is 481 g/mol. The van der Waals surface area contributed by atoms with Gasteiger partial charge in [-0.1, -0.05) is 0 Å². The molecule has 35 heavy (non-hydrogen) atoms. The number of amides is 2. The molecule has 0 fully saturated rings. The molecule has 0 unspecified atom stereocenters. The Bertz CT molecular complexity index is 1160. The lowest BCUT2D eigenvalue weighted by Gasteiger charge is -2.23. The van der Waals surface area contributed by atoms with Crippen molar-refractivity contribution < 1.29 is 23.9 Å². The van der Waals surface area contributed by atoms with E-state index >= 15 is 0 Å². The average Bonchev–Trinajstić information content (AvgIpc) is 3.06. The van der Waals surface area contributed by atoms with Crippen LogP contribution >= 0.6 is 0 Å². The van der Waals surface area contributed by atoms with Crippen LogP contribution in [0.25, 0.3) is 11.8 Å². The predicted molar refractivity (Wildman–Crippen MR) is 132 cm³/mol. The second-order valence-corrected chi connectivity index (χ2v) is 9.15. The van der Waals surface area contributed by atoms with Crippen LogP contribution in [0.3, 0.4) is 0 Å². The number of nitrogens with one attached hydrogen (secondary N) is 1. The van der Waals surface area contributed by atoms with Gasteiger partial charge in [0.2, 0.25) is 5.91 Å². The van der Waals surface area contributed by atoms with E-state index < -0.39 is 24.0 Å². The maximum absolute atomic E-state index is 12.5. The Labute approximate surface area is 205 Å². The van der Waals surface area contributed by atoms with Crippen molar-refractivity contribution in [3.05, 3.63) is 52.9 Å². The molecule has 1 N–H and O–H groups in total. The fourth-order valence-electron chi connectivity index (χ4n) is 3.43. The van der Waals surface area contributed by atoms with Crippen LogP contribution in [-0.2, 0) is 19.1 Å². The van der Waals surface area contributed by atoms with Gasteiger partial charge in [0.05, 0.1) is 13.7 Å². The molecule has 1 heterocycles. The monoisotopic (exact) mass is 480 g/mol. The third-order valence-electron chi connectivity index (χ3n) is 5.09. The third-order valence-corrected chi connectivity index (χ3v) is 5.09. The van der Waals surface area contributed by atoms with Gasteiger partial charge < -0.3 is 24.3 Å². The molecule has 0 radical (unpaired) electrons. The number of likely N-dealkylation sites (N-methyl/N-ethyl adjacent to an activating group) is 1. The fourth-order valence-corrected chi connectivity index (χ4v) is 3.43. The molecule has 0 aliphatic carbocycles. The fraction of sp³-hybridized carbons (Fsp3) is 0.385. The van der Waals surface area contributed by atoms with Gasteiger partial charge in [-0.2, -0.15) is 5.26 Å². The van der Waals surface area contributed by atoms with Crippen LogP contribution in [0.2, 0.25) is 0 Å². The van der Waals surface area contributed by atoms with E-state index in [0.717, 1.165) is 27.7 Å². The quantitative estimate of drug-likeness (QED) is 0.353. The van der Waals surface area contributed by atoms with Crippen molar-refractivity contribution in [3.8, 4) is 17.5 Å². The molecule has 0 saturated carbocycles. The van der Waals surface area contributed by atoms with Gasteiger partial charge in [-0.25, -0.2) is 4.79 Å². The normalized spacial score (nSPS) is 11.4. The first-order chi connectivity index (χ1) is 16.4. The van der Waals surface area contributed by atoms with Crippen LogP contribution < -0.4 is 10.1 Å². The van der Waals surface area contributed by atoms with Crippen molar-refractivity contribution in [2.24, 2.45) is 0 Å². The number of aromatic nitrogens is 1. The number of hydrogen-bond donors (Lipinski definition) is 1. The first kappa shape index (κ1) is 27.2. The zero-order valence-corrected chi connectivity index (χ0v) is 21.3. The Hall–Kier alpha value is -4.06. The summed E-state index contributed by atoms with van der Waals surface area (Å²) >= 11 is 0. The summed E-state index contributed by atoms with van der Waals surface area (Å²) in [7, 11) is 3.04. The molecule has 0 spiro atoms. The van der Waals surface area contributed by atoms with E-state index in [2.05, 4.69) is 5.32 Å². The maximum Gasteiger partial charge on any atom is 0.349 e. The summed E-state index contributed by atoms with van der Waals surface area (Å²) in [5.41, 5.74) is 2.66. The molecule has 1 aromatic carbocycles. The van der Waals surface area contributed by atoms with Gasteiger partial charge in [-0.15, -0.1) is 0 Å². The van der Waals surface area contributed by atoms with E-state index in [-0.39, 0.29) is 18.0 Å². The Balaban J connectivity index is 2.10. The molecular weight excluding hydrogens is 448 g/mol. The summed E-state index contributed by atoms with van der Waals surface area (Å²) < 4.78 is 12.2. The van der Waals surface area contributed by atoms with Crippen molar-refractivity contribution >= 4 is 23.9 Å². The highest BCUT2D eigenvalue weighted by Crippen LogP contribution is 2.24. The zero-order chi connectivity index (χ0) is 26.3. The largest absolute Gasteiger partial charge is 0.497 e. The van der Waals surface area contributed by atoms with Crippen LogP contribution in [0, 0.1) is 25.2 Å². The van der Waals surface area contributed by atoms with Crippen LogP contribution in [0.1, 0.15) is 37.7 Å². The SMILES string of the molecule is COc1ccc(-n2c(C)cc(/C=C(\C#N)C(=O)OCC(=O)N(C)CC(=O)NC(C)(C)C)c2C)cc1. The number of methoxy groups -OCH3 is 1. The molecule has 0 aliphatic rings. The minimum Gasteiger partial charge on any atom is -0.497 e. The second kappa shape index (κ2) is 11.4. The Morgan fingerprint density at radius 1 is 1.17 bits per heavy atom. The maximum atomic E-state index is 12.5. The van der Waals surface area contributed by atoms with E-state index in [1.165, 1.54) is 13.1 Å². The molecule has 2 aromatic rings. The van der Waals surface area contributed by atoms with Gasteiger partial charge in [0.1, 0.15) is 17.4 Å². The molecule has 0 aliphatic heterocycles. The first-order valence-corrected chi connectivity index (χ1v) is 11.0. The lowest BCUT2D eigenvalue weighted by atomic mass is 10.1. The molecule has 0 atom stereocenters. The minimum atomic E-state index is -0.914. The van der Waals surface area contributed by atoms with Crippen LogP contribution in [-0.4, -0.2) is 60.1 Å². The molecule has 1 aromatic heterocycles. The van der Waals surface area contributed by atoms with Gasteiger partial charge in [-0.3, -0.25) is 9.59 Å². The molecule has 0 bridgehead atoms. The summed E-state index contributed by atoms with van der Waals surface area (Å²) in [5.74, 6) is -1.06. The van der Waals surface area contributed by atoms with Gasteiger partial charge in [0.15, 0.2) is 6.61 Å². The highest BCUT2D eigenvalue weighted by atomic mass is 16.5. The van der Waals surface area contributed by atoms with E-state index in [4.69, 9.17) is 9.47 Å². The number of benzene rings is 1. The van der Waals surface area contributed by atoms with Crippen molar-refractivity contribution in [1.29, 1.82) is 5.26 Å². The van der Waals surface area contributed by atoms with Gasteiger partial charge in [0, 0.05) is 29.7 Å². The predicted octanol–water partition coefficient (Wildman–Crippen LogP) is 2.93. The number of nitrogens with zero attached hydrogens (tertiary/aromatic N) is 3. The number of carbonyl (C=O) groups excluding carboxylic acids is 3. The highest BCUT2D eigenvalue weighted by molar-refractivity contribution is 5.99. The van der Waals surface area contributed by atoms with E-state index in [0.29, 0.717) is 5.56 Å². The van der Waals surface area contributed by atoms with E-state index in [9.17, 15) is 19.6 Å². The zero-order valence-electron chi connectivity index (χ0n) is 21.3. The molecule has 2 rings (SSSR count). The Morgan fingerprint density at radius 3 is 2.34 bits per heavy atom. The topological polar surface area (TPSA) is 114 Å². The Morgan fingerprint density at radius 2 is 1.80 bits per heavy atom. The van der Waals surface area contributed by atoms with Crippen molar-refractivity contribution in [1.82, 2.24) is 14.8 Å². The summed E-state index contributed by atoms with van der Waals surface area (Å²) in [4.78, 5) is 37.9. The standard InChI is InChI=1S/C26H32N4O5/c1-17-12-19(18(2)30(17)21-8-10-22(34-7)11-9-21)13-20(14-27)25(33)35-16-24(32)29(6)15-23(31)28-26(3,4)5/h8-13H,15-16H2,1-7H3,(H,28,31)/b20-13+. The third kappa shape index (κ3) is 7.47. The Kier molecular flexibility index (Phi) is 8.84. The molecule has 9 nitrogen and oxygen atoms in total. The number of hydrogen-bond acceptors (Lipinski definition) is 6. The second-order valence-electron chi connectivity index (χ2n) is 9.15. The van der Waals surface area contributed by atoms with Crippen molar-refractivity contribution in [2.75, 3.05) is 27.3 Å². The van der Waals surface area contributed by atoms with Gasteiger partial charge in [-0.05, 0) is 76.6 Å². The highest BCUT2D eigenvalue weighted by Gasteiger charge is 2.20. The number of ether oxygens (including phenoxy) is 2. The first-order valence-electron chi connectivity index (χ1n) is 11.0. The molecular formula is C26H32N4O5. The summed E-state index contributed by atoms with van der Waals surface area (Å²) in [6, 6.07) is 11.2. The number of aryl methyl sites for hydroxylation is 1. The van der Waals surface area contributed by atoms with Crippen molar-refractivity contribution in [2.45, 2.75) is 40.2 Å². The number of nitriles is 1. The van der Waals surface area contributed by atoms with E-state index in [1.54, 1.807) is 7.11 Å². The number of rotatable bonds is 8. The van der Waals surface area contributed by atoms with Crippen LogP contribution in [0.15, 0.2) is 35.9 Å². The summed E-state index contributed by atoms with van der Waals surface area (Å²) in [6.45, 7) is 8.54. The van der Waals surface area contributed by atoms with Gasteiger partial charge in [0.25, 0.3) is 5.91 Å². The minimum absolute atomic E-state index is 0.175. The number of carbonyl (C=O) groups is 3. The smallest absolute Gasteiger partial charge is 0.349 e. The number of esters is 1. The lowest BCUT2D eigenvalue weighted by Crippen LogP contribution is -2.46. The molecule has 0 saturated heterocycles. The van der Waals surface area contributed by atoms with Crippen molar-refractivity contribution in [3.63, 3.8) is 0 Å². The molecule has 2 amide bonds. The van der Waals surface area contributed by atoms with E-state index in [1.807, 2.05) is 75.6 Å².